The van der Waals surface area contributed by atoms with Crippen LogP contribution in [-0.2, 0) is 7.05 Å². The maximum atomic E-state index is 9.44. The second-order valence-electron chi connectivity index (χ2n) is 3.86. The predicted molar refractivity (Wildman–Crippen MR) is 52.6 cm³/mol. The lowest BCUT2D eigenvalue weighted by molar-refractivity contribution is 0.0748. The van der Waals surface area contributed by atoms with Crippen molar-refractivity contribution in [1.82, 2.24) is 9.78 Å². The van der Waals surface area contributed by atoms with E-state index in [0.717, 1.165) is 12.4 Å². The standard InChI is InChI=1S/C9H17N3O/c1-9(2,13)5-6-10-8-4-7-12(3)11-8/h4,7,13H,5-6H2,1-3H3,(H,10,11). The van der Waals surface area contributed by atoms with Crippen molar-refractivity contribution < 1.29 is 5.11 Å². The Hall–Kier alpha value is -1.03. The average molecular weight is 183 g/mol. The van der Waals surface area contributed by atoms with Gasteiger partial charge in [0.05, 0.1) is 5.60 Å². The smallest absolute Gasteiger partial charge is 0.147 e. The maximum absolute atomic E-state index is 9.44. The Balaban J connectivity index is 2.28. The number of nitrogens with zero attached hydrogens (tertiary/aromatic N) is 2. The summed E-state index contributed by atoms with van der Waals surface area (Å²) < 4.78 is 1.74. The van der Waals surface area contributed by atoms with Crippen molar-refractivity contribution in [3.63, 3.8) is 0 Å². The van der Waals surface area contributed by atoms with Gasteiger partial charge >= 0.3 is 0 Å². The summed E-state index contributed by atoms with van der Waals surface area (Å²) in [5.41, 5.74) is -0.609. The van der Waals surface area contributed by atoms with E-state index in [1.165, 1.54) is 0 Å². The molecule has 0 saturated carbocycles. The van der Waals surface area contributed by atoms with Gasteiger partial charge in [0.1, 0.15) is 5.82 Å². The fraction of sp³-hybridized carbons (Fsp3) is 0.667. The molecule has 4 nitrogen and oxygen atoms in total. The van der Waals surface area contributed by atoms with Gasteiger partial charge in [0, 0.05) is 25.9 Å². The minimum Gasteiger partial charge on any atom is -0.390 e. The van der Waals surface area contributed by atoms with Crippen molar-refractivity contribution in [3.8, 4) is 0 Å². The summed E-state index contributed by atoms with van der Waals surface area (Å²) in [6, 6.07) is 1.91. The van der Waals surface area contributed by atoms with E-state index in [0.29, 0.717) is 6.42 Å². The molecule has 0 spiro atoms. The van der Waals surface area contributed by atoms with Crippen LogP contribution < -0.4 is 5.32 Å². The second-order valence-corrected chi connectivity index (χ2v) is 3.86. The molecule has 0 aliphatic rings. The monoisotopic (exact) mass is 183 g/mol. The minimum atomic E-state index is -0.609. The third-order valence-electron chi connectivity index (χ3n) is 1.76. The highest BCUT2D eigenvalue weighted by Gasteiger charge is 2.11. The van der Waals surface area contributed by atoms with Crippen LogP contribution in [0.4, 0.5) is 5.82 Å². The van der Waals surface area contributed by atoms with Gasteiger partial charge in [-0.2, -0.15) is 5.10 Å². The van der Waals surface area contributed by atoms with Gasteiger partial charge in [0.2, 0.25) is 0 Å². The molecular formula is C9H17N3O. The first kappa shape index (κ1) is 10.1. The van der Waals surface area contributed by atoms with E-state index >= 15 is 0 Å². The number of hydrogen-bond donors (Lipinski definition) is 2. The molecule has 2 N–H and O–H groups in total. The Morgan fingerprint density at radius 2 is 2.31 bits per heavy atom. The van der Waals surface area contributed by atoms with Crippen LogP contribution in [0.2, 0.25) is 0 Å². The Morgan fingerprint density at radius 1 is 1.62 bits per heavy atom. The summed E-state index contributed by atoms with van der Waals surface area (Å²) in [4.78, 5) is 0. The third-order valence-corrected chi connectivity index (χ3v) is 1.76. The Kier molecular flexibility index (Phi) is 2.93. The number of aromatic nitrogens is 2. The van der Waals surface area contributed by atoms with Crippen molar-refractivity contribution in [2.45, 2.75) is 25.9 Å². The highest BCUT2D eigenvalue weighted by molar-refractivity contribution is 5.31. The summed E-state index contributed by atoms with van der Waals surface area (Å²) >= 11 is 0. The summed E-state index contributed by atoms with van der Waals surface area (Å²) in [5.74, 6) is 0.853. The molecule has 1 heterocycles. The molecule has 0 aromatic carbocycles. The molecule has 4 heteroatoms. The van der Waals surface area contributed by atoms with Crippen LogP contribution in [0.5, 0.6) is 0 Å². The number of rotatable bonds is 4. The molecule has 13 heavy (non-hydrogen) atoms. The largest absolute Gasteiger partial charge is 0.390 e. The van der Waals surface area contributed by atoms with Gasteiger partial charge in [-0.25, -0.2) is 0 Å². The molecule has 0 bridgehead atoms. The lowest BCUT2D eigenvalue weighted by Gasteiger charge is -2.16. The average Bonchev–Trinajstić information content (AvgIpc) is 2.33. The quantitative estimate of drug-likeness (QED) is 0.732. The van der Waals surface area contributed by atoms with Gasteiger partial charge in [-0.3, -0.25) is 4.68 Å². The normalized spacial score (nSPS) is 11.7. The SMILES string of the molecule is Cn1ccc(NCCC(C)(C)O)n1. The number of nitrogens with one attached hydrogen (secondary N) is 1. The number of aliphatic hydroxyl groups is 1. The van der Waals surface area contributed by atoms with E-state index in [1.54, 1.807) is 18.5 Å². The third kappa shape index (κ3) is 3.94. The van der Waals surface area contributed by atoms with E-state index in [1.807, 2.05) is 19.3 Å². The molecule has 74 valence electrons. The van der Waals surface area contributed by atoms with Crippen LogP contribution in [0.15, 0.2) is 12.3 Å². The molecule has 0 saturated heterocycles. The fourth-order valence-electron chi connectivity index (χ4n) is 1.01. The molecule has 0 aliphatic carbocycles. The van der Waals surface area contributed by atoms with E-state index in [2.05, 4.69) is 10.4 Å². The van der Waals surface area contributed by atoms with Crippen LogP contribution in [-0.4, -0.2) is 27.0 Å². The summed E-state index contributed by atoms with van der Waals surface area (Å²) in [5, 5.41) is 16.7. The molecule has 1 aromatic rings. The van der Waals surface area contributed by atoms with Gasteiger partial charge in [-0.15, -0.1) is 0 Å². The lowest BCUT2D eigenvalue weighted by atomic mass is 10.1. The molecule has 1 rings (SSSR count). The zero-order valence-electron chi connectivity index (χ0n) is 8.41. The number of hydrogen-bond acceptors (Lipinski definition) is 3. The first-order valence-electron chi connectivity index (χ1n) is 4.43. The van der Waals surface area contributed by atoms with E-state index < -0.39 is 5.60 Å². The number of anilines is 1. The second kappa shape index (κ2) is 3.79. The summed E-state index contributed by atoms with van der Waals surface area (Å²) in [6.45, 7) is 4.33. The van der Waals surface area contributed by atoms with Gasteiger partial charge in [-0.05, 0) is 20.3 Å². The predicted octanol–water partition coefficient (Wildman–Crippen LogP) is 0.993. The molecule has 0 aliphatic heterocycles. The van der Waals surface area contributed by atoms with E-state index in [4.69, 9.17) is 0 Å². The molecule has 1 aromatic heterocycles. The molecule has 0 radical (unpaired) electrons. The molecular weight excluding hydrogens is 166 g/mol. The fourth-order valence-corrected chi connectivity index (χ4v) is 1.01. The van der Waals surface area contributed by atoms with Crippen molar-refractivity contribution in [2.24, 2.45) is 7.05 Å². The van der Waals surface area contributed by atoms with Gasteiger partial charge in [-0.1, -0.05) is 0 Å². The summed E-state index contributed by atoms with van der Waals surface area (Å²) in [7, 11) is 1.88. The van der Waals surface area contributed by atoms with Crippen molar-refractivity contribution in [2.75, 3.05) is 11.9 Å². The van der Waals surface area contributed by atoms with E-state index in [-0.39, 0.29) is 0 Å². The van der Waals surface area contributed by atoms with Gasteiger partial charge in [0.25, 0.3) is 0 Å². The lowest BCUT2D eigenvalue weighted by Crippen LogP contribution is -2.22. The first-order valence-corrected chi connectivity index (χ1v) is 4.43. The molecule has 0 amide bonds. The topological polar surface area (TPSA) is 50.1 Å². The van der Waals surface area contributed by atoms with Crippen LogP contribution >= 0.6 is 0 Å². The van der Waals surface area contributed by atoms with Crippen LogP contribution in [0.1, 0.15) is 20.3 Å². The Morgan fingerprint density at radius 3 is 2.77 bits per heavy atom. The highest BCUT2D eigenvalue weighted by Crippen LogP contribution is 2.08. The number of aryl methyl sites for hydroxylation is 1. The summed E-state index contributed by atoms with van der Waals surface area (Å²) in [6.07, 6.45) is 2.59. The van der Waals surface area contributed by atoms with Crippen LogP contribution in [0, 0.1) is 0 Å². The van der Waals surface area contributed by atoms with Gasteiger partial charge < -0.3 is 10.4 Å². The van der Waals surface area contributed by atoms with Crippen molar-refractivity contribution >= 4 is 5.82 Å². The highest BCUT2D eigenvalue weighted by atomic mass is 16.3. The molecule has 0 fully saturated rings. The zero-order valence-corrected chi connectivity index (χ0v) is 8.41. The first-order chi connectivity index (χ1) is 5.97. The van der Waals surface area contributed by atoms with Gasteiger partial charge in [0.15, 0.2) is 0 Å². The molecule has 0 atom stereocenters. The Bertz CT molecular complexity index is 262. The Labute approximate surface area is 78.6 Å². The van der Waals surface area contributed by atoms with E-state index in [9.17, 15) is 5.11 Å². The van der Waals surface area contributed by atoms with Crippen molar-refractivity contribution in [3.05, 3.63) is 12.3 Å². The maximum Gasteiger partial charge on any atom is 0.147 e. The van der Waals surface area contributed by atoms with Crippen LogP contribution in [0.25, 0.3) is 0 Å². The van der Waals surface area contributed by atoms with Crippen LogP contribution in [0.3, 0.4) is 0 Å². The minimum absolute atomic E-state index is 0.609. The molecule has 0 unspecified atom stereocenters. The van der Waals surface area contributed by atoms with Crippen molar-refractivity contribution in [1.29, 1.82) is 0 Å². The zero-order chi connectivity index (χ0) is 9.90.